The number of hydrogen-bond donors (Lipinski definition) is 1. The number of aliphatic hydroxyl groups excluding tert-OH is 1. The van der Waals surface area contributed by atoms with Gasteiger partial charge in [0.15, 0.2) is 0 Å². The van der Waals surface area contributed by atoms with Gasteiger partial charge in [-0.05, 0) is 39.7 Å². The van der Waals surface area contributed by atoms with Gasteiger partial charge >= 0.3 is 0 Å². The third-order valence-electron chi connectivity index (χ3n) is 2.31. The molecule has 5 heteroatoms. The third-order valence-corrected chi connectivity index (χ3v) is 3.80. The highest BCUT2D eigenvalue weighted by molar-refractivity contribution is 9.10. The van der Waals surface area contributed by atoms with Crippen LogP contribution < -0.4 is 4.74 Å². The minimum Gasteiger partial charge on any atom is -0.456 e. The summed E-state index contributed by atoms with van der Waals surface area (Å²) in [4.78, 5) is 0. The first-order valence-electron chi connectivity index (χ1n) is 5.12. The van der Waals surface area contributed by atoms with Crippen molar-refractivity contribution in [3.63, 3.8) is 0 Å². The van der Waals surface area contributed by atoms with Crippen LogP contribution >= 0.6 is 39.1 Å². The fourth-order valence-electron chi connectivity index (χ4n) is 1.37. The Morgan fingerprint density at radius 3 is 2.33 bits per heavy atom. The maximum Gasteiger partial charge on any atom is 0.147 e. The molecule has 0 atom stereocenters. The summed E-state index contributed by atoms with van der Waals surface area (Å²) in [5.41, 5.74) is 0.822. The Balaban J connectivity index is 2.25. The second-order valence-electron chi connectivity index (χ2n) is 3.60. The van der Waals surface area contributed by atoms with Gasteiger partial charge in [-0.1, -0.05) is 35.3 Å². The Bertz CT molecular complexity index is 556. The quantitative estimate of drug-likeness (QED) is 0.788. The molecule has 0 saturated carbocycles. The molecule has 2 nitrogen and oxygen atoms in total. The van der Waals surface area contributed by atoms with E-state index in [2.05, 4.69) is 15.9 Å². The summed E-state index contributed by atoms with van der Waals surface area (Å²) in [6.45, 7) is 0.00511. The maximum absolute atomic E-state index is 8.94. The van der Waals surface area contributed by atoms with Gasteiger partial charge < -0.3 is 9.84 Å². The Morgan fingerprint density at radius 1 is 1.06 bits per heavy atom. The average molecular weight is 348 g/mol. The lowest BCUT2D eigenvalue weighted by Crippen LogP contribution is -1.87. The SMILES string of the molecule is OCc1ccc(Oc2cc(Cl)c(Br)cc2Cl)cc1. The van der Waals surface area contributed by atoms with Crippen molar-refractivity contribution in [2.75, 3.05) is 0 Å². The standard InChI is InChI=1S/C13H9BrCl2O2/c14-10-5-12(16)13(6-11(10)15)18-9-3-1-8(7-17)2-4-9/h1-6,17H,7H2. The Hall–Kier alpha value is -0.740. The van der Waals surface area contributed by atoms with Crippen LogP contribution in [0.15, 0.2) is 40.9 Å². The zero-order chi connectivity index (χ0) is 13.1. The molecule has 0 heterocycles. The lowest BCUT2D eigenvalue weighted by molar-refractivity contribution is 0.281. The van der Waals surface area contributed by atoms with Gasteiger partial charge in [-0.25, -0.2) is 0 Å². The van der Waals surface area contributed by atoms with E-state index in [0.717, 1.165) is 10.0 Å². The van der Waals surface area contributed by atoms with Crippen molar-refractivity contribution in [2.24, 2.45) is 0 Å². The van der Waals surface area contributed by atoms with Gasteiger partial charge in [0.25, 0.3) is 0 Å². The summed E-state index contributed by atoms with van der Waals surface area (Å²) in [5, 5.41) is 9.94. The summed E-state index contributed by atoms with van der Waals surface area (Å²) in [6, 6.07) is 10.4. The van der Waals surface area contributed by atoms with Crippen LogP contribution in [0.4, 0.5) is 0 Å². The Labute approximate surface area is 123 Å². The summed E-state index contributed by atoms with van der Waals surface area (Å²) in [5.74, 6) is 1.12. The molecule has 2 aromatic carbocycles. The Morgan fingerprint density at radius 2 is 1.72 bits per heavy atom. The average Bonchev–Trinajstić information content (AvgIpc) is 2.37. The lowest BCUT2D eigenvalue weighted by atomic mass is 10.2. The second-order valence-corrected chi connectivity index (χ2v) is 5.27. The van der Waals surface area contributed by atoms with E-state index in [-0.39, 0.29) is 6.61 Å². The van der Waals surface area contributed by atoms with Crippen LogP contribution in [0.5, 0.6) is 11.5 Å². The molecule has 2 rings (SSSR count). The predicted molar refractivity (Wildman–Crippen MR) is 76.6 cm³/mol. The molecule has 0 saturated heterocycles. The number of rotatable bonds is 3. The molecule has 0 unspecified atom stereocenters. The van der Waals surface area contributed by atoms with E-state index in [9.17, 15) is 0 Å². The first-order chi connectivity index (χ1) is 8.60. The summed E-state index contributed by atoms with van der Waals surface area (Å²) < 4.78 is 6.35. The van der Waals surface area contributed by atoms with E-state index in [1.165, 1.54) is 0 Å². The number of hydrogen-bond acceptors (Lipinski definition) is 2. The van der Waals surface area contributed by atoms with Crippen molar-refractivity contribution in [2.45, 2.75) is 6.61 Å². The summed E-state index contributed by atoms with van der Waals surface area (Å²) in [7, 11) is 0. The molecular formula is C13H9BrCl2O2. The normalized spacial score (nSPS) is 10.4. The number of halogens is 3. The van der Waals surface area contributed by atoms with Gasteiger partial charge in [-0.15, -0.1) is 0 Å². The van der Waals surface area contributed by atoms with Crippen molar-refractivity contribution in [1.29, 1.82) is 0 Å². The van der Waals surface area contributed by atoms with E-state index >= 15 is 0 Å². The van der Waals surface area contributed by atoms with Crippen LogP contribution in [0, 0.1) is 0 Å². The van der Waals surface area contributed by atoms with E-state index in [4.69, 9.17) is 33.0 Å². The van der Waals surface area contributed by atoms with Gasteiger partial charge in [-0.3, -0.25) is 0 Å². The molecule has 0 aliphatic heterocycles. The molecule has 0 aliphatic rings. The van der Waals surface area contributed by atoms with E-state index in [1.807, 2.05) is 0 Å². The maximum atomic E-state index is 8.94. The Kier molecular flexibility index (Phi) is 4.51. The summed E-state index contributed by atoms with van der Waals surface area (Å²) in [6.07, 6.45) is 0. The van der Waals surface area contributed by atoms with E-state index in [0.29, 0.717) is 21.5 Å². The number of aliphatic hydroxyl groups is 1. The van der Waals surface area contributed by atoms with Crippen LogP contribution in [0.3, 0.4) is 0 Å². The molecule has 0 radical (unpaired) electrons. The van der Waals surface area contributed by atoms with Crippen LogP contribution in [-0.2, 0) is 6.61 Å². The van der Waals surface area contributed by atoms with Gasteiger partial charge in [0.2, 0.25) is 0 Å². The minimum atomic E-state index is 0.00511. The van der Waals surface area contributed by atoms with E-state index < -0.39 is 0 Å². The monoisotopic (exact) mass is 346 g/mol. The highest BCUT2D eigenvalue weighted by Gasteiger charge is 2.07. The number of benzene rings is 2. The minimum absolute atomic E-state index is 0.00511. The fourth-order valence-corrected chi connectivity index (χ4v) is 2.20. The molecule has 0 aromatic heterocycles. The highest BCUT2D eigenvalue weighted by Crippen LogP contribution is 2.36. The van der Waals surface area contributed by atoms with Gasteiger partial charge in [-0.2, -0.15) is 0 Å². The molecule has 18 heavy (non-hydrogen) atoms. The highest BCUT2D eigenvalue weighted by atomic mass is 79.9. The topological polar surface area (TPSA) is 29.5 Å². The van der Waals surface area contributed by atoms with E-state index in [1.54, 1.807) is 36.4 Å². The van der Waals surface area contributed by atoms with Crippen molar-refractivity contribution >= 4 is 39.1 Å². The van der Waals surface area contributed by atoms with Crippen molar-refractivity contribution < 1.29 is 9.84 Å². The lowest BCUT2D eigenvalue weighted by Gasteiger charge is -2.09. The first-order valence-corrected chi connectivity index (χ1v) is 6.67. The smallest absolute Gasteiger partial charge is 0.147 e. The summed E-state index contributed by atoms with van der Waals surface area (Å²) >= 11 is 15.3. The van der Waals surface area contributed by atoms with Crippen molar-refractivity contribution in [3.8, 4) is 11.5 Å². The molecule has 2 aromatic rings. The van der Waals surface area contributed by atoms with Gasteiger partial charge in [0, 0.05) is 10.5 Å². The fraction of sp³-hybridized carbons (Fsp3) is 0.0769. The molecule has 1 N–H and O–H groups in total. The second kappa shape index (κ2) is 5.93. The molecule has 0 amide bonds. The van der Waals surface area contributed by atoms with Crippen molar-refractivity contribution in [1.82, 2.24) is 0 Å². The first kappa shape index (κ1) is 13.7. The van der Waals surface area contributed by atoms with Crippen LogP contribution in [0.2, 0.25) is 10.0 Å². The van der Waals surface area contributed by atoms with Gasteiger partial charge in [0.05, 0.1) is 16.7 Å². The molecule has 0 spiro atoms. The molecule has 94 valence electrons. The van der Waals surface area contributed by atoms with Gasteiger partial charge in [0.1, 0.15) is 11.5 Å². The van der Waals surface area contributed by atoms with Crippen LogP contribution in [0.25, 0.3) is 0 Å². The largest absolute Gasteiger partial charge is 0.456 e. The molecular weight excluding hydrogens is 339 g/mol. The zero-order valence-electron chi connectivity index (χ0n) is 9.16. The third kappa shape index (κ3) is 3.18. The van der Waals surface area contributed by atoms with Crippen molar-refractivity contribution in [3.05, 3.63) is 56.5 Å². The van der Waals surface area contributed by atoms with Crippen LogP contribution in [0.1, 0.15) is 5.56 Å². The molecule has 0 bridgehead atoms. The molecule has 0 fully saturated rings. The van der Waals surface area contributed by atoms with Crippen LogP contribution in [-0.4, -0.2) is 5.11 Å². The number of ether oxygens (including phenoxy) is 1. The predicted octanol–water partition coefficient (Wildman–Crippen LogP) is 5.04. The molecule has 0 aliphatic carbocycles. The zero-order valence-corrected chi connectivity index (χ0v) is 12.3.